The molecule has 1 aromatic rings. The topological polar surface area (TPSA) is 32.7 Å². The molecule has 2 rings (SSSR count). The third-order valence-electron chi connectivity index (χ3n) is 4.27. The van der Waals surface area contributed by atoms with E-state index in [1.165, 1.54) is 32.1 Å². The molecule has 0 radical (unpaired) electrons. The first-order valence-corrected chi connectivity index (χ1v) is 8.43. The molecule has 3 nitrogen and oxygen atoms in total. The highest BCUT2D eigenvalue weighted by Crippen LogP contribution is 2.28. The van der Waals surface area contributed by atoms with Crippen molar-refractivity contribution >= 4 is 0 Å². The molecule has 1 fully saturated rings. The van der Waals surface area contributed by atoms with Crippen molar-refractivity contribution < 1.29 is 9.84 Å². The first kappa shape index (κ1) is 16.2. The fourth-order valence-corrected chi connectivity index (χ4v) is 3.13. The van der Waals surface area contributed by atoms with Crippen molar-refractivity contribution in [2.45, 2.75) is 65.0 Å². The van der Waals surface area contributed by atoms with E-state index in [9.17, 15) is 5.11 Å². The summed E-state index contributed by atoms with van der Waals surface area (Å²) in [7, 11) is 0. The van der Waals surface area contributed by atoms with Crippen LogP contribution in [0.5, 0.6) is 11.5 Å². The van der Waals surface area contributed by atoms with Crippen LogP contribution in [0.4, 0.5) is 0 Å². The minimum atomic E-state index is 0.365. The van der Waals surface area contributed by atoms with E-state index < -0.39 is 0 Å². The molecule has 3 heteroatoms. The van der Waals surface area contributed by atoms with E-state index in [-0.39, 0.29) is 0 Å². The fraction of sp³-hybridized carbons (Fsp3) is 0.667. The molecule has 0 saturated carbocycles. The van der Waals surface area contributed by atoms with Gasteiger partial charge in [-0.3, -0.25) is 4.90 Å². The van der Waals surface area contributed by atoms with E-state index in [1.54, 1.807) is 6.07 Å². The Hall–Kier alpha value is -1.22. The minimum absolute atomic E-state index is 0.365. The third-order valence-corrected chi connectivity index (χ3v) is 4.27. The van der Waals surface area contributed by atoms with Gasteiger partial charge in [0.25, 0.3) is 0 Å². The lowest BCUT2D eigenvalue weighted by Crippen LogP contribution is -2.38. The van der Waals surface area contributed by atoms with Gasteiger partial charge in [-0.05, 0) is 38.3 Å². The van der Waals surface area contributed by atoms with Crippen molar-refractivity contribution in [1.82, 2.24) is 4.90 Å². The smallest absolute Gasteiger partial charge is 0.123 e. The molecule has 1 heterocycles. The number of hydrogen-bond acceptors (Lipinski definition) is 3. The molecule has 1 atom stereocenters. The van der Waals surface area contributed by atoms with E-state index in [2.05, 4.69) is 18.7 Å². The summed E-state index contributed by atoms with van der Waals surface area (Å²) in [6.45, 7) is 7.04. The first-order valence-electron chi connectivity index (χ1n) is 8.43. The molecule has 1 aromatic carbocycles. The Morgan fingerprint density at radius 2 is 2.10 bits per heavy atom. The lowest BCUT2D eigenvalue weighted by molar-refractivity contribution is 0.130. The van der Waals surface area contributed by atoms with Crippen LogP contribution in [0, 0.1) is 0 Å². The number of benzene rings is 1. The summed E-state index contributed by atoms with van der Waals surface area (Å²) in [6, 6.07) is 6.42. The van der Waals surface area contributed by atoms with Gasteiger partial charge < -0.3 is 9.84 Å². The van der Waals surface area contributed by atoms with E-state index in [4.69, 9.17) is 4.74 Å². The number of nitrogens with zero attached hydrogens (tertiary/aromatic N) is 1. The van der Waals surface area contributed by atoms with Gasteiger partial charge in [-0.25, -0.2) is 0 Å². The van der Waals surface area contributed by atoms with Crippen LogP contribution in [0.2, 0.25) is 0 Å². The van der Waals surface area contributed by atoms with Crippen molar-refractivity contribution in [3.05, 3.63) is 23.8 Å². The molecule has 1 N–H and O–H groups in total. The molecule has 0 amide bonds. The van der Waals surface area contributed by atoms with Gasteiger partial charge in [0, 0.05) is 24.2 Å². The van der Waals surface area contributed by atoms with E-state index in [0.29, 0.717) is 18.4 Å². The summed E-state index contributed by atoms with van der Waals surface area (Å²) in [5, 5.41) is 10.2. The molecule has 0 spiro atoms. The van der Waals surface area contributed by atoms with Crippen molar-refractivity contribution in [2.75, 3.05) is 13.2 Å². The van der Waals surface area contributed by atoms with Gasteiger partial charge in [0.1, 0.15) is 11.5 Å². The van der Waals surface area contributed by atoms with Crippen LogP contribution in [-0.2, 0) is 6.54 Å². The maximum atomic E-state index is 10.2. The zero-order valence-corrected chi connectivity index (χ0v) is 13.5. The predicted octanol–water partition coefficient (Wildman–Crippen LogP) is 4.34. The number of piperidine rings is 1. The monoisotopic (exact) mass is 291 g/mol. The van der Waals surface area contributed by atoms with E-state index in [0.717, 1.165) is 30.8 Å². The van der Waals surface area contributed by atoms with Gasteiger partial charge in [0.05, 0.1) is 6.61 Å². The van der Waals surface area contributed by atoms with Gasteiger partial charge in [-0.15, -0.1) is 0 Å². The zero-order chi connectivity index (χ0) is 15.1. The Balaban J connectivity index is 2.00. The second-order valence-electron chi connectivity index (χ2n) is 6.05. The maximum Gasteiger partial charge on any atom is 0.123 e. The molecule has 21 heavy (non-hydrogen) atoms. The molecule has 1 aliphatic heterocycles. The summed E-state index contributed by atoms with van der Waals surface area (Å²) in [6.07, 6.45) is 7.40. The van der Waals surface area contributed by atoms with Gasteiger partial charge in [-0.1, -0.05) is 32.8 Å². The van der Waals surface area contributed by atoms with Crippen molar-refractivity contribution in [3.63, 3.8) is 0 Å². The Bertz CT molecular complexity index is 431. The molecule has 1 saturated heterocycles. The quantitative estimate of drug-likeness (QED) is 0.811. The third kappa shape index (κ3) is 4.63. The molecule has 1 unspecified atom stereocenters. The van der Waals surface area contributed by atoms with Gasteiger partial charge in [0.15, 0.2) is 0 Å². The Morgan fingerprint density at radius 3 is 2.81 bits per heavy atom. The number of rotatable bonds is 7. The number of ether oxygens (including phenoxy) is 1. The highest BCUT2D eigenvalue weighted by molar-refractivity contribution is 5.39. The Morgan fingerprint density at radius 1 is 1.24 bits per heavy atom. The van der Waals surface area contributed by atoms with Gasteiger partial charge >= 0.3 is 0 Å². The average Bonchev–Trinajstić information content (AvgIpc) is 2.49. The maximum absolute atomic E-state index is 10.2. The second-order valence-corrected chi connectivity index (χ2v) is 6.05. The largest absolute Gasteiger partial charge is 0.507 e. The van der Waals surface area contributed by atoms with Crippen molar-refractivity contribution in [1.29, 1.82) is 0 Å². The average molecular weight is 291 g/mol. The normalized spacial score (nSPS) is 19.6. The Labute approximate surface area is 128 Å². The summed E-state index contributed by atoms with van der Waals surface area (Å²) >= 11 is 0. The molecular formula is C18H29NO2. The number of likely N-dealkylation sites (tertiary alicyclic amines) is 1. The van der Waals surface area contributed by atoms with Crippen LogP contribution in [0.15, 0.2) is 18.2 Å². The summed E-state index contributed by atoms with van der Waals surface area (Å²) in [4.78, 5) is 2.54. The minimum Gasteiger partial charge on any atom is -0.507 e. The summed E-state index contributed by atoms with van der Waals surface area (Å²) in [5.74, 6) is 1.13. The second kappa shape index (κ2) is 8.28. The molecule has 118 valence electrons. The SMILES string of the molecule is CCCOc1ccc(CN2CCCCC2CCC)c(O)c1. The van der Waals surface area contributed by atoms with Crippen LogP contribution in [-0.4, -0.2) is 29.2 Å². The first-order chi connectivity index (χ1) is 10.2. The Kier molecular flexibility index (Phi) is 6.37. The van der Waals surface area contributed by atoms with E-state index >= 15 is 0 Å². The fourth-order valence-electron chi connectivity index (χ4n) is 3.13. The molecule has 0 aromatic heterocycles. The van der Waals surface area contributed by atoms with Crippen molar-refractivity contribution in [3.8, 4) is 11.5 Å². The highest BCUT2D eigenvalue weighted by atomic mass is 16.5. The highest BCUT2D eigenvalue weighted by Gasteiger charge is 2.22. The van der Waals surface area contributed by atoms with E-state index in [1.807, 2.05) is 12.1 Å². The zero-order valence-electron chi connectivity index (χ0n) is 13.5. The standard InChI is InChI=1S/C18H29NO2/c1-3-7-16-8-5-6-11-19(16)14-15-9-10-17(13-18(15)20)21-12-4-2/h9-10,13,16,20H,3-8,11-12,14H2,1-2H3. The number of phenols is 1. The number of phenolic OH excluding ortho intramolecular Hbond substituents is 1. The lowest BCUT2D eigenvalue weighted by atomic mass is 9.97. The van der Waals surface area contributed by atoms with Crippen LogP contribution >= 0.6 is 0 Å². The van der Waals surface area contributed by atoms with Gasteiger partial charge in [0.2, 0.25) is 0 Å². The summed E-state index contributed by atoms with van der Waals surface area (Å²) in [5.41, 5.74) is 1.02. The number of aromatic hydroxyl groups is 1. The predicted molar refractivity (Wildman–Crippen MR) is 86.8 cm³/mol. The summed E-state index contributed by atoms with van der Waals surface area (Å²) < 4.78 is 5.57. The molecule has 0 bridgehead atoms. The molecule has 0 aliphatic carbocycles. The van der Waals surface area contributed by atoms with Crippen LogP contribution in [0.3, 0.4) is 0 Å². The van der Waals surface area contributed by atoms with Crippen LogP contribution in [0.25, 0.3) is 0 Å². The van der Waals surface area contributed by atoms with Crippen molar-refractivity contribution in [2.24, 2.45) is 0 Å². The number of hydrogen-bond donors (Lipinski definition) is 1. The lowest BCUT2D eigenvalue weighted by Gasteiger charge is -2.35. The molecular weight excluding hydrogens is 262 g/mol. The van der Waals surface area contributed by atoms with Gasteiger partial charge in [-0.2, -0.15) is 0 Å². The molecule has 1 aliphatic rings. The van der Waals surface area contributed by atoms with Crippen LogP contribution < -0.4 is 4.74 Å². The van der Waals surface area contributed by atoms with Crippen LogP contribution in [0.1, 0.15) is 57.9 Å².